The molecule has 0 aliphatic rings. The van der Waals surface area contributed by atoms with Gasteiger partial charge < -0.3 is 10.5 Å². The van der Waals surface area contributed by atoms with Crippen molar-refractivity contribution in [3.05, 3.63) is 35.9 Å². The third kappa shape index (κ3) is 2.99. The average molecular weight is 261 g/mol. The lowest BCUT2D eigenvalue weighted by molar-refractivity contribution is 0.415. The highest BCUT2D eigenvalue weighted by molar-refractivity contribution is 5.69. The van der Waals surface area contributed by atoms with Gasteiger partial charge in [-0.1, -0.05) is 6.92 Å². The summed E-state index contributed by atoms with van der Waals surface area (Å²) >= 11 is 0. The molecule has 1 aromatic heterocycles. The molecule has 5 heteroatoms. The lowest BCUT2D eigenvalue weighted by Crippen LogP contribution is -2.02. The van der Waals surface area contributed by atoms with Crippen molar-refractivity contribution in [1.29, 1.82) is 0 Å². The van der Waals surface area contributed by atoms with Gasteiger partial charge in [0.25, 0.3) is 0 Å². The van der Waals surface area contributed by atoms with Gasteiger partial charge in [0, 0.05) is 18.1 Å². The van der Waals surface area contributed by atoms with E-state index < -0.39 is 0 Å². The number of halogens is 1. The van der Waals surface area contributed by atoms with E-state index in [1.54, 1.807) is 12.1 Å². The highest BCUT2D eigenvalue weighted by Gasteiger charge is 2.11. The standard InChI is InChI=1S/C14H16FN3O/c1-3-4-14-17-11(8-13(16)18-14)10-7-9(15)5-6-12(10)19-2/h5-8H,3-4H2,1-2H3,(H2,16,17,18). The number of ether oxygens (including phenoxy) is 1. The Labute approximate surface area is 111 Å². The van der Waals surface area contributed by atoms with Gasteiger partial charge in [0.05, 0.1) is 12.8 Å². The Morgan fingerprint density at radius 3 is 2.74 bits per heavy atom. The number of anilines is 1. The summed E-state index contributed by atoms with van der Waals surface area (Å²) < 4.78 is 18.6. The predicted molar refractivity (Wildman–Crippen MR) is 72.4 cm³/mol. The molecule has 2 N–H and O–H groups in total. The van der Waals surface area contributed by atoms with Crippen LogP contribution in [0.1, 0.15) is 19.2 Å². The van der Waals surface area contributed by atoms with E-state index in [0.29, 0.717) is 28.6 Å². The zero-order chi connectivity index (χ0) is 13.8. The minimum absolute atomic E-state index is 0.343. The van der Waals surface area contributed by atoms with Crippen molar-refractivity contribution in [2.75, 3.05) is 12.8 Å². The third-order valence-electron chi connectivity index (χ3n) is 2.70. The van der Waals surface area contributed by atoms with Crippen molar-refractivity contribution >= 4 is 5.82 Å². The maximum absolute atomic E-state index is 13.4. The molecule has 0 saturated heterocycles. The molecule has 2 aromatic rings. The van der Waals surface area contributed by atoms with Gasteiger partial charge in [-0.3, -0.25) is 0 Å². The second-order valence-corrected chi connectivity index (χ2v) is 4.19. The number of aryl methyl sites for hydroxylation is 1. The molecule has 0 radical (unpaired) electrons. The van der Waals surface area contributed by atoms with Gasteiger partial charge in [-0.25, -0.2) is 14.4 Å². The van der Waals surface area contributed by atoms with E-state index in [2.05, 4.69) is 9.97 Å². The summed E-state index contributed by atoms with van der Waals surface area (Å²) in [5, 5.41) is 0. The second-order valence-electron chi connectivity index (χ2n) is 4.19. The molecule has 1 aromatic carbocycles. The average Bonchev–Trinajstić information content (AvgIpc) is 2.38. The van der Waals surface area contributed by atoms with Crippen LogP contribution in [-0.2, 0) is 6.42 Å². The first-order valence-corrected chi connectivity index (χ1v) is 6.11. The summed E-state index contributed by atoms with van der Waals surface area (Å²) in [7, 11) is 1.54. The van der Waals surface area contributed by atoms with Crippen LogP contribution in [0.4, 0.5) is 10.2 Å². The van der Waals surface area contributed by atoms with Crippen molar-refractivity contribution in [3.8, 4) is 17.0 Å². The lowest BCUT2D eigenvalue weighted by atomic mass is 10.1. The van der Waals surface area contributed by atoms with Crippen molar-refractivity contribution < 1.29 is 9.13 Å². The molecule has 2 rings (SSSR count). The number of nitrogen functional groups attached to an aromatic ring is 1. The Kier molecular flexibility index (Phi) is 3.94. The molecule has 0 fully saturated rings. The van der Waals surface area contributed by atoms with E-state index in [4.69, 9.17) is 10.5 Å². The number of benzene rings is 1. The number of hydrogen-bond acceptors (Lipinski definition) is 4. The second kappa shape index (κ2) is 5.65. The van der Waals surface area contributed by atoms with Crippen LogP contribution in [0.3, 0.4) is 0 Å². The van der Waals surface area contributed by atoms with Gasteiger partial charge in [-0.2, -0.15) is 0 Å². The number of aromatic nitrogens is 2. The Morgan fingerprint density at radius 1 is 1.26 bits per heavy atom. The zero-order valence-corrected chi connectivity index (χ0v) is 11.0. The summed E-state index contributed by atoms with van der Waals surface area (Å²) in [5.41, 5.74) is 6.92. The number of rotatable bonds is 4. The van der Waals surface area contributed by atoms with Crippen molar-refractivity contribution in [3.63, 3.8) is 0 Å². The first-order chi connectivity index (χ1) is 9.13. The van der Waals surface area contributed by atoms with Crippen LogP contribution < -0.4 is 10.5 Å². The number of hydrogen-bond donors (Lipinski definition) is 1. The van der Waals surface area contributed by atoms with E-state index in [-0.39, 0.29) is 5.82 Å². The van der Waals surface area contributed by atoms with E-state index in [1.165, 1.54) is 19.2 Å². The molecule has 1 heterocycles. The topological polar surface area (TPSA) is 61.0 Å². The van der Waals surface area contributed by atoms with Crippen LogP contribution in [0, 0.1) is 5.82 Å². The van der Waals surface area contributed by atoms with Gasteiger partial charge in [0.15, 0.2) is 0 Å². The SMILES string of the molecule is CCCc1nc(N)cc(-c2cc(F)ccc2OC)n1. The number of methoxy groups -OCH3 is 1. The van der Waals surface area contributed by atoms with Crippen LogP contribution in [0.25, 0.3) is 11.3 Å². The molecule has 0 atom stereocenters. The Balaban J connectivity index is 2.54. The minimum atomic E-state index is -0.343. The third-order valence-corrected chi connectivity index (χ3v) is 2.70. The Morgan fingerprint density at radius 2 is 2.05 bits per heavy atom. The quantitative estimate of drug-likeness (QED) is 0.919. The van der Waals surface area contributed by atoms with Gasteiger partial charge in [0.1, 0.15) is 23.2 Å². The molecule has 0 aliphatic heterocycles. The normalized spacial score (nSPS) is 10.5. The highest BCUT2D eigenvalue weighted by atomic mass is 19.1. The first-order valence-electron chi connectivity index (χ1n) is 6.11. The molecule has 19 heavy (non-hydrogen) atoms. The fourth-order valence-corrected chi connectivity index (χ4v) is 1.87. The van der Waals surface area contributed by atoms with E-state index >= 15 is 0 Å². The van der Waals surface area contributed by atoms with Gasteiger partial charge in [-0.05, 0) is 24.6 Å². The maximum atomic E-state index is 13.4. The molecule has 0 bridgehead atoms. The summed E-state index contributed by atoms with van der Waals surface area (Å²) in [4.78, 5) is 8.56. The summed E-state index contributed by atoms with van der Waals surface area (Å²) in [6, 6.07) is 5.93. The molecular formula is C14H16FN3O. The molecule has 4 nitrogen and oxygen atoms in total. The maximum Gasteiger partial charge on any atom is 0.131 e. The Hall–Kier alpha value is -2.17. The predicted octanol–water partition coefficient (Wildman–Crippen LogP) is 2.83. The largest absolute Gasteiger partial charge is 0.496 e. The summed E-state index contributed by atoms with van der Waals surface area (Å²) in [6.07, 6.45) is 1.65. The minimum Gasteiger partial charge on any atom is -0.496 e. The van der Waals surface area contributed by atoms with Crippen molar-refractivity contribution in [2.24, 2.45) is 0 Å². The summed E-state index contributed by atoms with van der Waals surface area (Å²) in [6.45, 7) is 2.04. The van der Waals surface area contributed by atoms with Crippen LogP contribution in [0.15, 0.2) is 24.3 Å². The van der Waals surface area contributed by atoms with E-state index in [0.717, 1.165) is 12.8 Å². The molecule has 0 unspecified atom stereocenters. The Bertz CT molecular complexity index is 587. The smallest absolute Gasteiger partial charge is 0.131 e. The zero-order valence-electron chi connectivity index (χ0n) is 11.0. The summed E-state index contributed by atoms with van der Waals surface area (Å²) in [5.74, 6) is 1.25. The van der Waals surface area contributed by atoms with Crippen LogP contribution in [0.5, 0.6) is 5.75 Å². The highest BCUT2D eigenvalue weighted by Crippen LogP contribution is 2.30. The lowest BCUT2D eigenvalue weighted by Gasteiger charge is -2.10. The van der Waals surface area contributed by atoms with E-state index in [9.17, 15) is 4.39 Å². The van der Waals surface area contributed by atoms with Gasteiger partial charge in [0.2, 0.25) is 0 Å². The van der Waals surface area contributed by atoms with Gasteiger partial charge >= 0.3 is 0 Å². The van der Waals surface area contributed by atoms with Crippen LogP contribution in [-0.4, -0.2) is 17.1 Å². The van der Waals surface area contributed by atoms with Crippen LogP contribution >= 0.6 is 0 Å². The molecule has 0 amide bonds. The molecule has 0 saturated carbocycles. The van der Waals surface area contributed by atoms with Gasteiger partial charge in [-0.15, -0.1) is 0 Å². The van der Waals surface area contributed by atoms with Crippen molar-refractivity contribution in [1.82, 2.24) is 9.97 Å². The molecular weight excluding hydrogens is 245 g/mol. The number of nitrogens with zero attached hydrogens (tertiary/aromatic N) is 2. The molecule has 0 spiro atoms. The molecule has 0 aliphatic carbocycles. The molecule has 100 valence electrons. The number of nitrogens with two attached hydrogens (primary N) is 1. The monoisotopic (exact) mass is 261 g/mol. The van der Waals surface area contributed by atoms with Crippen LogP contribution in [0.2, 0.25) is 0 Å². The fourth-order valence-electron chi connectivity index (χ4n) is 1.87. The van der Waals surface area contributed by atoms with E-state index in [1.807, 2.05) is 6.92 Å². The first kappa shape index (κ1) is 13.3. The fraction of sp³-hybridized carbons (Fsp3) is 0.286. The van der Waals surface area contributed by atoms with Crippen molar-refractivity contribution in [2.45, 2.75) is 19.8 Å².